The average Bonchev–Trinajstić information content (AvgIpc) is 2.80. The fourth-order valence-electron chi connectivity index (χ4n) is 4.02. The maximum atomic E-state index is 11.2. The van der Waals surface area contributed by atoms with Gasteiger partial charge in [-0.15, -0.1) is 0 Å². The largest absolute Gasteiger partial charge is 0.481 e. The quantitative estimate of drug-likeness (QED) is 0.807. The first-order chi connectivity index (χ1) is 8.20. The number of rotatable bonds is 4. The lowest BCUT2D eigenvalue weighted by Crippen LogP contribution is -2.50. The van der Waals surface area contributed by atoms with Crippen molar-refractivity contribution in [3.8, 4) is 0 Å². The molecule has 96 valence electrons. The Balaban J connectivity index is 1.61. The van der Waals surface area contributed by atoms with E-state index in [0.717, 1.165) is 32.3 Å². The zero-order chi connectivity index (χ0) is 12.0. The highest BCUT2D eigenvalue weighted by Crippen LogP contribution is 2.46. The van der Waals surface area contributed by atoms with Crippen molar-refractivity contribution in [1.82, 2.24) is 4.90 Å². The monoisotopic (exact) mass is 239 g/mol. The van der Waals surface area contributed by atoms with E-state index in [0.29, 0.717) is 24.2 Å². The number of aliphatic carboxylic acids is 1. The van der Waals surface area contributed by atoms with Crippen molar-refractivity contribution in [2.45, 2.75) is 63.3 Å². The number of carbonyl (C=O) groups is 1. The molecular weight excluding hydrogens is 218 g/mol. The maximum Gasteiger partial charge on any atom is 0.308 e. The van der Waals surface area contributed by atoms with Crippen molar-refractivity contribution in [2.75, 3.05) is 6.61 Å². The third-order valence-corrected chi connectivity index (χ3v) is 4.80. The van der Waals surface area contributed by atoms with Gasteiger partial charge in [0.1, 0.15) is 0 Å². The minimum absolute atomic E-state index is 0.111. The number of carboxylic acids is 1. The molecule has 0 aromatic heterocycles. The third kappa shape index (κ3) is 1.78. The normalized spacial score (nSPS) is 44.9. The van der Waals surface area contributed by atoms with Gasteiger partial charge in [0.15, 0.2) is 0 Å². The Morgan fingerprint density at radius 2 is 2.06 bits per heavy atom. The number of nitrogens with zero attached hydrogens (tertiary/aromatic N) is 1. The van der Waals surface area contributed by atoms with Crippen molar-refractivity contribution in [2.24, 2.45) is 5.92 Å². The van der Waals surface area contributed by atoms with Gasteiger partial charge >= 0.3 is 5.97 Å². The molecule has 0 amide bonds. The minimum Gasteiger partial charge on any atom is -0.481 e. The van der Waals surface area contributed by atoms with Crippen LogP contribution in [0.5, 0.6) is 0 Å². The molecule has 0 aromatic carbocycles. The molecule has 2 heterocycles. The standard InChI is InChI=1S/C13H21NO3/c1-2-17-10-5-9(6-10)14-8-3-4-12(14)11(7-8)13(15)16/h8-12H,2-7H2,1H3,(H,15,16). The molecule has 1 saturated carbocycles. The smallest absolute Gasteiger partial charge is 0.308 e. The fraction of sp³-hybridized carbons (Fsp3) is 0.923. The highest BCUT2D eigenvalue weighted by molar-refractivity contribution is 5.71. The van der Waals surface area contributed by atoms with Crippen LogP contribution in [0.1, 0.15) is 39.0 Å². The first kappa shape index (κ1) is 11.5. The molecule has 3 unspecified atom stereocenters. The highest BCUT2D eigenvalue weighted by Gasteiger charge is 2.53. The number of hydrogen-bond acceptors (Lipinski definition) is 3. The lowest BCUT2D eigenvalue weighted by molar-refractivity contribution is -0.143. The van der Waals surface area contributed by atoms with Gasteiger partial charge in [-0.05, 0) is 39.0 Å². The number of ether oxygens (including phenoxy) is 1. The van der Waals surface area contributed by atoms with Gasteiger partial charge in [-0.1, -0.05) is 0 Å². The first-order valence-electron chi connectivity index (χ1n) is 6.82. The first-order valence-corrected chi connectivity index (χ1v) is 6.82. The van der Waals surface area contributed by atoms with E-state index < -0.39 is 5.97 Å². The van der Waals surface area contributed by atoms with Crippen LogP contribution in [0.4, 0.5) is 0 Å². The van der Waals surface area contributed by atoms with E-state index >= 15 is 0 Å². The van der Waals surface area contributed by atoms with Crippen LogP contribution in [0, 0.1) is 5.92 Å². The molecule has 0 radical (unpaired) electrons. The summed E-state index contributed by atoms with van der Waals surface area (Å²) in [5, 5.41) is 9.21. The molecule has 3 fully saturated rings. The van der Waals surface area contributed by atoms with Crippen LogP contribution in [0.2, 0.25) is 0 Å². The van der Waals surface area contributed by atoms with Crippen LogP contribution in [0.15, 0.2) is 0 Å². The Hall–Kier alpha value is -0.610. The summed E-state index contributed by atoms with van der Waals surface area (Å²) < 4.78 is 5.59. The maximum absolute atomic E-state index is 11.2. The topological polar surface area (TPSA) is 49.8 Å². The molecule has 3 aliphatic rings. The summed E-state index contributed by atoms with van der Waals surface area (Å²) in [6.45, 7) is 2.83. The molecular formula is C13H21NO3. The predicted octanol–water partition coefficient (Wildman–Crippen LogP) is 1.49. The molecule has 1 aliphatic carbocycles. The molecule has 4 nitrogen and oxygen atoms in total. The van der Waals surface area contributed by atoms with Crippen molar-refractivity contribution in [3.05, 3.63) is 0 Å². The molecule has 2 bridgehead atoms. The van der Waals surface area contributed by atoms with Gasteiger partial charge in [0, 0.05) is 24.7 Å². The van der Waals surface area contributed by atoms with E-state index in [1.807, 2.05) is 6.92 Å². The van der Waals surface area contributed by atoms with Crippen LogP contribution < -0.4 is 0 Å². The predicted molar refractivity (Wildman–Crippen MR) is 62.8 cm³/mol. The summed E-state index contributed by atoms with van der Waals surface area (Å²) in [5.74, 6) is -0.706. The summed E-state index contributed by atoms with van der Waals surface area (Å²) in [7, 11) is 0. The molecule has 0 spiro atoms. The third-order valence-electron chi connectivity index (χ3n) is 4.80. The SMILES string of the molecule is CCOC1CC(N2C3CCC2C(C(=O)O)C3)C1. The Labute approximate surface area is 102 Å². The lowest BCUT2D eigenvalue weighted by atomic mass is 9.87. The van der Waals surface area contributed by atoms with Gasteiger partial charge in [-0.2, -0.15) is 0 Å². The van der Waals surface area contributed by atoms with Crippen LogP contribution in [-0.2, 0) is 9.53 Å². The van der Waals surface area contributed by atoms with Gasteiger partial charge in [-0.3, -0.25) is 9.69 Å². The molecule has 2 aliphatic heterocycles. The highest BCUT2D eigenvalue weighted by atomic mass is 16.5. The average molecular weight is 239 g/mol. The van der Waals surface area contributed by atoms with E-state index in [2.05, 4.69) is 4.90 Å². The fourth-order valence-corrected chi connectivity index (χ4v) is 4.02. The summed E-state index contributed by atoms with van der Waals surface area (Å²) in [6, 6.07) is 1.44. The van der Waals surface area contributed by atoms with Gasteiger partial charge in [0.25, 0.3) is 0 Å². The molecule has 0 aromatic rings. The molecule has 1 N–H and O–H groups in total. The van der Waals surface area contributed by atoms with Gasteiger partial charge in [0.2, 0.25) is 0 Å². The second kappa shape index (κ2) is 4.25. The van der Waals surface area contributed by atoms with Crippen LogP contribution in [-0.4, -0.2) is 46.8 Å². The zero-order valence-corrected chi connectivity index (χ0v) is 10.3. The Morgan fingerprint density at radius 1 is 1.29 bits per heavy atom. The Kier molecular flexibility index (Phi) is 2.87. The van der Waals surface area contributed by atoms with E-state index in [9.17, 15) is 9.90 Å². The van der Waals surface area contributed by atoms with Crippen LogP contribution >= 0.6 is 0 Å². The van der Waals surface area contributed by atoms with Crippen LogP contribution in [0.25, 0.3) is 0 Å². The molecule has 17 heavy (non-hydrogen) atoms. The van der Waals surface area contributed by atoms with Gasteiger partial charge in [0.05, 0.1) is 12.0 Å². The Bertz CT molecular complexity index is 314. The molecule has 2 saturated heterocycles. The van der Waals surface area contributed by atoms with E-state index in [1.165, 1.54) is 6.42 Å². The molecule has 4 heteroatoms. The molecule has 3 rings (SSSR count). The molecule has 3 atom stereocenters. The number of hydrogen-bond donors (Lipinski definition) is 1. The van der Waals surface area contributed by atoms with Crippen molar-refractivity contribution in [3.63, 3.8) is 0 Å². The summed E-state index contributed by atoms with van der Waals surface area (Å²) >= 11 is 0. The van der Waals surface area contributed by atoms with E-state index in [4.69, 9.17) is 4.74 Å². The van der Waals surface area contributed by atoms with Crippen molar-refractivity contribution < 1.29 is 14.6 Å². The van der Waals surface area contributed by atoms with Gasteiger partial charge < -0.3 is 9.84 Å². The van der Waals surface area contributed by atoms with Crippen molar-refractivity contribution >= 4 is 5.97 Å². The number of fused-ring (bicyclic) bond motifs is 2. The summed E-state index contributed by atoms with van der Waals surface area (Å²) in [4.78, 5) is 13.7. The summed E-state index contributed by atoms with van der Waals surface area (Å²) in [5.41, 5.74) is 0. The minimum atomic E-state index is -0.595. The van der Waals surface area contributed by atoms with Crippen LogP contribution in [0.3, 0.4) is 0 Å². The van der Waals surface area contributed by atoms with E-state index in [-0.39, 0.29) is 5.92 Å². The second-order valence-electron chi connectivity index (χ2n) is 5.63. The zero-order valence-electron chi connectivity index (χ0n) is 10.3. The van der Waals surface area contributed by atoms with Gasteiger partial charge in [-0.25, -0.2) is 0 Å². The second-order valence-corrected chi connectivity index (χ2v) is 5.63. The lowest BCUT2D eigenvalue weighted by Gasteiger charge is -2.43. The van der Waals surface area contributed by atoms with E-state index in [1.54, 1.807) is 0 Å². The van der Waals surface area contributed by atoms with Crippen molar-refractivity contribution in [1.29, 1.82) is 0 Å². The summed E-state index contributed by atoms with van der Waals surface area (Å²) in [6.07, 6.45) is 5.78. The Morgan fingerprint density at radius 3 is 2.65 bits per heavy atom. The number of carboxylic acid groups (broad SMARTS) is 1.